The van der Waals surface area contributed by atoms with E-state index in [9.17, 15) is 0 Å². The van der Waals surface area contributed by atoms with Gasteiger partial charge in [-0.3, -0.25) is 0 Å². The van der Waals surface area contributed by atoms with Crippen molar-refractivity contribution >= 4 is 5.82 Å². The molecule has 0 saturated carbocycles. The van der Waals surface area contributed by atoms with Gasteiger partial charge in [0.05, 0.1) is 0 Å². The van der Waals surface area contributed by atoms with Crippen LogP contribution >= 0.6 is 0 Å². The predicted molar refractivity (Wildman–Crippen MR) is 54.1 cm³/mol. The van der Waals surface area contributed by atoms with Gasteiger partial charge in [0.25, 0.3) is 0 Å². The van der Waals surface area contributed by atoms with Gasteiger partial charge in [0.1, 0.15) is 5.82 Å². The summed E-state index contributed by atoms with van der Waals surface area (Å²) in [5, 5.41) is 0. The highest BCUT2D eigenvalue weighted by molar-refractivity contribution is 5.30. The van der Waals surface area contributed by atoms with Gasteiger partial charge in [-0.1, -0.05) is 33.8 Å². The summed E-state index contributed by atoms with van der Waals surface area (Å²) in [5.41, 5.74) is 6.65. The Balaban J connectivity index is 0.000000561. The topological polar surface area (TPSA) is 38.9 Å². The third-order valence-corrected chi connectivity index (χ3v) is 1.48. The van der Waals surface area contributed by atoms with Gasteiger partial charge < -0.3 is 5.73 Å². The van der Waals surface area contributed by atoms with E-state index in [0.29, 0.717) is 11.7 Å². The Hall–Kier alpha value is -1.05. The summed E-state index contributed by atoms with van der Waals surface area (Å²) in [6.07, 6.45) is 1.82. The lowest BCUT2D eigenvalue weighted by atomic mass is 10.1. The first-order chi connectivity index (χ1) is 5.70. The number of hydrogen-bond acceptors (Lipinski definition) is 2. The first kappa shape index (κ1) is 11.0. The monoisotopic (exact) mass is 166 g/mol. The number of anilines is 1. The summed E-state index contributed by atoms with van der Waals surface area (Å²) in [5.74, 6) is 1.12. The van der Waals surface area contributed by atoms with Gasteiger partial charge in [-0.2, -0.15) is 0 Å². The highest BCUT2D eigenvalue weighted by Gasteiger charge is 1.96. The van der Waals surface area contributed by atoms with E-state index >= 15 is 0 Å². The van der Waals surface area contributed by atoms with Crippen molar-refractivity contribution < 1.29 is 0 Å². The molecule has 1 aromatic rings. The molecule has 0 radical (unpaired) electrons. The number of aromatic nitrogens is 1. The lowest BCUT2D eigenvalue weighted by Gasteiger charge is -2.02. The largest absolute Gasteiger partial charge is 0.384 e. The van der Waals surface area contributed by atoms with E-state index in [1.54, 1.807) is 0 Å². The van der Waals surface area contributed by atoms with Gasteiger partial charge in [0.15, 0.2) is 0 Å². The summed E-state index contributed by atoms with van der Waals surface area (Å²) in [6, 6.07) is 3.84. The fourth-order valence-corrected chi connectivity index (χ4v) is 0.758. The third-order valence-electron chi connectivity index (χ3n) is 1.48. The Morgan fingerprint density at radius 2 is 1.83 bits per heavy atom. The first-order valence-corrected chi connectivity index (χ1v) is 4.41. The molecule has 12 heavy (non-hydrogen) atoms. The number of nitrogens with zero attached hydrogens (tertiary/aromatic N) is 1. The molecule has 1 aromatic heterocycles. The Labute approximate surface area is 74.8 Å². The Bertz CT molecular complexity index is 202. The second-order valence-corrected chi connectivity index (χ2v) is 2.67. The highest BCUT2D eigenvalue weighted by Crippen LogP contribution is 2.12. The van der Waals surface area contributed by atoms with Gasteiger partial charge in [0, 0.05) is 6.20 Å². The maximum absolute atomic E-state index is 5.42. The van der Waals surface area contributed by atoms with Crippen LogP contribution in [0.15, 0.2) is 18.3 Å². The number of rotatable bonds is 1. The van der Waals surface area contributed by atoms with Crippen LogP contribution < -0.4 is 5.73 Å². The zero-order chi connectivity index (χ0) is 9.56. The second-order valence-electron chi connectivity index (χ2n) is 2.67. The fourth-order valence-electron chi connectivity index (χ4n) is 0.758. The summed E-state index contributed by atoms with van der Waals surface area (Å²) < 4.78 is 0. The second kappa shape index (κ2) is 5.58. The van der Waals surface area contributed by atoms with Crippen LogP contribution in [0.3, 0.4) is 0 Å². The van der Waals surface area contributed by atoms with Crippen molar-refractivity contribution in [2.24, 2.45) is 0 Å². The van der Waals surface area contributed by atoms with Crippen LogP contribution in [0, 0.1) is 0 Å². The summed E-state index contributed by atoms with van der Waals surface area (Å²) in [6.45, 7) is 8.26. The van der Waals surface area contributed by atoms with Crippen LogP contribution in [0.2, 0.25) is 0 Å². The first-order valence-electron chi connectivity index (χ1n) is 4.41. The van der Waals surface area contributed by atoms with Crippen molar-refractivity contribution in [2.45, 2.75) is 33.6 Å². The highest BCUT2D eigenvalue weighted by atomic mass is 14.8. The van der Waals surface area contributed by atoms with Crippen molar-refractivity contribution in [3.05, 3.63) is 23.9 Å². The molecule has 0 saturated heterocycles. The molecule has 0 amide bonds. The Kier molecular flexibility index (Phi) is 5.09. The van der Waals surface area contributed by atoms with Crippen molar-refractivity contribution in [3.8, 4) is 0 Å². The van der Waals surface area contributed by atoms with E-state index in [1.165, 1.54) is 5.56 Å². The number of pyridine rings is 1. The maximum Gasteiger partial charge on any atom is 0.123 e. The standard InChI is InChI=1S/C8H12N2.C2H6/c1-6(2)7-3-4-8(9)10-5-7;1-2/h3-6H,1-2H3,(H2,9,10);1-2H3. The van der Waals surface area contributed by atoms with Crippen molar-refractivity contribution in [3.63, 3.8) is 0 Å². The van der Waals surface area contributed by atoms with Gasteiger partial charge in [0.2, 0.25) is 0 Å². The zero-order valence-electron chi connectivity index (χ0n) is 8.33. The normalized spacial score (nSPS) is 9.08. The van der Waals surface area contributed by atoms with Crippen LogP contribution in [-0.2, 0) is 0 Å². The summed E-state index contributed by atoms with van der Waals surface area (Å²) in [4.78, 5) is 3.98. The van der Waals surface area contributed by atoms with Crippen LogP contribution in [0.25, 0.3) is 0 Å². The lowest BCUT2D eigenvalue weighted by molar-refractivity contribution is 0.859. The van der Waals surface area contributed by atoms with Gasteiger partial charge in [-0.05, 0) is 17.5 Å². The van der Waals surface area contributed by atoms with E-state index in [0.717, 1.165) is 0 Å². The molecule has 0 aliphatic heterocycles. The maximum atomic E-state index is 5.42. The smallest absolute Gasteiger partial charge is 0.123 e. The van der Waals surface area contributed by atoms with E-state index in [1.807, 2.05) is 32.2 Å². The molecule has 0 aromatic carbocycles. The average Bonchev–Trinajstić information content (AvgIpc) is 2.09. The average molecular weight is 166 g/mol. The molecule has 0 spiro atoms. The number of hydrogen-bond donors (Lipinski definition) is 1. The van der Waals surface area contributed by atoms with Gasteiger partial charge in [-0.15, -0.1) is 0 Å². The SMILES string of the molecule is CC.CC(C)c1ccc(N)nc1. The summed E-state index contributed by atoms with van der Waals surface area (Å²) in [7, 11) is 0. The summed E-state index contributed by atoms with van der Waals surface area (Å²) >= 11 is 0. The third kappa shape index (κ3) is 3.37. The molecule has 2 nitrogen and oxygen atoms in total. The Morgan fingerprint density at radius 3 is 2.17 bits per heavy atom. The predicted octanol–water partition coefficient (Wildman–Crippen LogP) is 2.81. The van der Waals surface area contributed by atoms with Crippen molar-refractivity contribution in [2.75, 3.05) is 5.73 Å². The van der Waals surface area contributed by atoms with Crippen molar-refractivity contribution in [1.29, 1.82) is 0 Å². The minimum absolute atomic E-state index is 0.535. The molecular weight excluding hydrogens is 148 g/mol. The number of nitrogen functional groups attached to an aromatic ring is 1. The molecule has 0 unspecified atom stereocenters. The lowest BCUT2D eigenvalue weighted by Crippen LogP contribution is -1.92. The van der Waals surface area contributed by atoms with Crippen molar-refractivity contribution in [1.82, 2.24) is 4.98 Å². The molecule has 0 fully saturated rings. The molecule has 0 bridgehead atoms. The van der Waals surface area contributed by atoms with Crippen LogP contribution in [0.1, 0.15) is 39.2 Å². The minimum Gasteiger partial charge on any atom is -0.384 e. The van der Waals surface area contributed by atoms with E-state index < -0.39 is 0 Å². The fraction of sp³-hybridized carbons (Fsp3) is 0.500. The molecule has 68 valence electrons. The molecule has 0 atom stereocenters. The molecule has 2 heteroatoms. The van der Waals surface area contributed by atoms with E-state index in [-0.39, 0.29) is 0 Å². The molecule has 0 aliphatic carbocycles. The number of nitrogens with two attached hydrogens (primary N) is 1. The molecular formula is C10H18N2. The van der Waals surface area contributed by atoms with E-state index in [4.69, 9.17) is 5.73 Å². The van der Waals surface area contributed by atoms with Crippen LogP contribution in [0.4, 0.5) is 5.82 Å². The van der Waals surface area contributed by atoms with Gasteiger partial charge >= 0.3 is 0 Å². The molecule has 0 aliphatic rings. The molecule has 1 heterocycles. The van der Waals surface area contributed by atoms with Crippen LogP contribution in [-0.4, -0.2) is 4.98 Å². The van der Waals surface area contributed by atoms with E-state index in [2.05, 4.69) is 18.8 Å². The Morgan fingerprint density at radius 1 is 1.25 bits per heavy atom. The minimum atomic E-state index is 0.535. The molecule has 1 rings (SSSR count). The zero-order valence-corrected chi connectivity index (χ0v) is 8.33. The molecule has 2 N–H and O–H groups in total. The quantitative estimate of drug-likeness (QED) is 0.696. The van der Waals surface area contributed by atoms with Crippen LogP contribution in [0.5, 0.6) is 0 Å². The van der Waals surface area contributed by atoms with Gasteiger partial charge in [-0.25, -0.2) is 4.98 Å².